The minimum atomic E-state index is -1.22. The summed E-state index contributed by atoms with van der Waals surface area (Å²) in [7, 11) is 0. The zero-order valence-electron chi connectivity index (χ0n) is 11.1. The number of phenols is 1. The predicted octanol–water partition coefficient (Wildman–Crippen LogP) is 4.46. The van der Waals surface area contributed by atoms with Crippen LogP contribution in [0.4, 0.5) is 0 Å². The lowest BCUT2D eigenvalue weighted by molar-refractivity contribution is 0.0694. The molecule has 2 N–H and O–H groups in total. The van der Waals surface area contributed by atoms with Crippen LogP contribution in [0.3, 0.4) is 0 Å². The van der Waals surface area contributed by atoms with Gasteiger partial charge in [-0.05, 0) is 30.7 Å². The van der Waals surface area contributed by atoms with E-state index in [9.17, 15) is 9.90 Å². The van der Waals surface area contributed by atoms with Gasteiger partial charge >= 0.3 is 5.97 Å². The maximum Gasteiger partial charge on any atom is 0.339 e. The summed E-state index contributed by atoms with van der Waals surface area (Å²) in [4.78, 5) is 11.1. The number of hydrogen-bond donors (Lipinski definition) is 2. The topological polar surface area (TPSA) is 66.8 Å². The highest BCUT2D eigenvalue weighted by Gasteiger charge is 2.14. The molecule has 0 heterocycles. The molecule has 0 aliphatic rings. The van der Waals surface area contributed by atoms with Gasteiger partial charge in [0.05, 0.1) is 16.7 Å². The molecule has 0 saturated heterocycles. The maximum absolute atomic E-state index is 11.1. The molecule has 0 unspecified atom stereocenters. The third-order valence-corrected chi connectivity index (χ3v) is 3.47. The van der Waals surface area contributed by atoms with Gasteiger partial charge in [-0.1, -0.05) is 29.3 Å². The van der Waals surface area contributed by atoms with Gasteiger partial charge in [0.15, 0.2) is 0 Å². The van der Waals surface area contributed by atoms with Gasteiger partial charge in [-0.2, -0.15) is 0 Å². The lowest BCUT2D eigenvalue weighted by atomic mass is 10.0. The molecule has 2 aromatic carbocycles. The fourth-order valence-corrected chi connectivity index (χ4v) is 2.37. The second-order valence-corrected chi connectivity index (χ2v) is 5.05. The van der Waals surface area contributed by atoms with Crippen LogP contribution < -0.4 is 4.74 Å². The predicted molar refractivity (Wildman–Crippen MR) is 81.7 cm³/mol. The Kier molecular flexibility index (Phi) is 4.60. The molecule has 2 rings (SSSR count). The van der Waals surface area contributed by atoms with Crippen LogP contribution in [-0.2, 0) is 0 Å². The number of aromatic hydroxyl groups is 1. The molecule has 110 valence electrons. The van der Waals surface area contributed by atoms with Crippen molar-refractivity contribution in [2.24, 2.45) is 0 Å². The van der Waals surface area contributed by atoms with Crippen molar-refractivity contribution in [2.45, 2.75) is 6.92 Å². The number of carboxylic acids is 1. The van der Waals surface area contributed by atoms with E-state index in [2.05, 4.69) is 0 Å². The van der Waals surface area contributed by atoms with Gasteiger partial charge in [-0.15, -0.1) is 0 Å². The number of benzene rings is 2. The SMILES string of the molecule is CCOc1cc(Cl)c(-c2ccc(O)c(C(=O)O)c2)cc1Cl. The maximum atomic E-state index is 11.1. The Labute approximate surface area is 131 Å². The Hall–Kier alpha value is -1.91. The highest BCUT2D eigenvalue weighted by atomic mass is 35.5. The number of hydrogen-bond acceptors (Lipinski definition) is 3. The van der Waals surface area contributed by atoms with Crippen molar-refractivity contribution >= 4 is 29.2 Å². The number of rotatable bonds is 4. The largest absolute Gasteiger partial charge is 0.507 e. The van der Waals surface area contributed by atoms with Gasteiger partial charge in [0.1, 0.15) is 17.1 Å². The van der Waals surface area contributed by atoms with E-state index >= 15 is 0 Å². The molecule has 0 saturated carbocycles. The van der Waals surface area contributed by atoms with Gasteiger partial charge in [0.2, 0.25) is 0 Å². The number of carbonyl (C=O) groups is 1. The quantitative estimate of drug-likeness (QED) is 0.870. The summed E-state index contributed by atoms with van der Waals surface area (Å²) >= 11 is 12.3. The van der Waals surface area contributed by atoms with E-state index in [0.717, 1.165) is 0 Å². The Morgan fingerprint density at radius 2 is 1.90 bits per heavy atom. The first kappa shape index (κ1) is 15.5. The average molecular weight is 327 g/mol. The Bertz CT molecular complexity index is 698. The van der Waals surface area contributed by atoms with Gasteiger partial charge < -0.3 is 14.9 Å². The highest BCUT2D eigenvalue weighted by molar-refractivity contribution is 6.36. The lowest BCUT2D eigenvalue weighted by Crippen LogP contribution is -1.97. The van der Waals surface area contributed by atoms with Gasteiger partial charge in [-0.3, -0.25) is 0 Å². The Morgan fingerprint density at radius 3 is 2.52 bits per heavy atom. The van der Waals surface area contributed by atoms with Crippen molar-refractivity contribution in [1.29, 1.82) is 0 Å². The van der Waals surface area contributed by atoms with Crippen molar-refractivity contribution < 1.29 is 19.7 Å². The van der Waals surface area contributed by atoms with E-state index in [1.807, 2.05) is 6.92 Å². The normalized spacial score (nSPS) is 10.4. The summed E-state index contributed by atoms with van der Waals surface area (Å²) in [6.45, 7) is 2.29. The fourth-order valence-electron chi connectivity index (χ4n) is 1.89. The van der Waals surface area contributed by atoms with E-state index in [4.69, 9.17) is 33.0 Å². The molecule has 0 amide bonds. The van der Waals surface area contributed by atoms with E-state index < -0.39 is 5.97 Å². The molecular weight excluding hydrogens is 315 g/mol. The lowest BCUT2D eigenvalue weighted by Gasteiger charge is -2.11. The molecule has 0 aliphatic heterocycles. The van der Waals surface area contributed by atoms with E-state index in [1.54, 1.807) is 18.2 Å². The zero-order valence-corrected chi connectivity index (χ0v) is 12.6. The summed E-state index contributed by atoms with van der Waals surface area (Å²) in [6.07, 6.45) is 0. The van der Waals surface area contributed by atoms with Crippen molar-refractivity contribution in [2.75, 3.05) is 6.61 Å². The first-order valence-electron chi connectivity index (χ1n) is 6.12. The van der Waals surface area contributed by atoms with Crippen molar-refractivity contribution in [3.8, 4) is 22.6 Å². The standard InChI is InChI=1S/C15H12Cl2O4/c1-2-21-14-7-11(16)9(6-12(14)17)8-3-4-13(18)10(5-8)15(19)20/h3-7,18H,2H2,1H3,(H,19,20). The fraction of sp³-hybridized carbons (Fsp3) is 0.133. The highest BCUT2D eigenvalue weighted by Crippen LogP contribution is 2.38. The van der Waals surface area contributed by atoms with Crippen molar-refractivity contribution in [3.05, 3.63) is 45.9 Å². The Morgan fingerprint density at radius 1 is 1.19 bits per heavy atom. The van der Waals surface area contributed by atoms with E-state index in [-0.39, 0.29) is 11.3 Å². The third-order valence-electron chi connectivity index (χ3n) is 2.86. The molecule has 0 aliphatic carbocycles. The molecule has 6 heteroatoms. The van der Waals surface area contributed by atoms with Crippen LogP contribution in [0.5, 0.6) is 11.5 Å². The second-order valence-electron chi connectivity index (χ2n) is 4.23. The number of ether oxygens (including phenoxy) is 1. The van der Waals surface area contributed by atoms with E-state index in [1.165, 1.54) is 12.1 Å². The molecule has 0 fully saturated rings. The van der Waals surface area contributed by atoms with Crippen molar-refractivity contribution in [3.63, 3.8) is 0 Å². The first-order chi connectivity index (χ1) is 9.93. The smallest absolute Gasteiger partial charge is 0.339 e. The number of carboxylic acid groups (broad SMARTS) is 1. The van der Waals surface area contributed by atoms with Crippen LogP contribution in [0, 0.1) is 0 Å². The van der Waals surface area contributed by atoms with Crippen LogP contribution in [-0.4, -0.2) is 22.8 Å². The molecule has 21 heavy (non-hydrogen) atoms. The van der Waals surface area contributed by atoms with Crippen LogP contribution in [0.2, 0.25) is 10.0 Å². The van der Waals surface area contributed by atoms with Crippen molar-refractivity contribution in [1.82, 2.24) is 0 Å². The van der Waals surface area contributed by atoms with Gasteiger partial charge in [0, 0.05) is 11.6 Å². The van der Waals surface area contributed by atoms with Crippen LogP contribution in [0.25, 0.3) is 11.1 Å². The molecule has 0 atom stereocenters. The number of aromatic carboxylic acids is 1. The number of halogens is 2. The minimum Gasteiger partial charge on any atom is -0.507 e. The molecule has 2 aromatic rings. The first-order valence-corrected chi connectivity index (χ1v) is 6.88. The summed E-state index contributed by atoms with van der Waals surface area (Å²) in [5, 5.41) is 19.3. The molecule has 0 spiro atoms. The molecular formula is C15H12Cl2O4. The van der Waals surface area contributed by atoms with Gasteiger partial charge in [-0.25, -0.2) is 4.79 Å². The summed E-state index contributed by atoms with van der Waals surface area (Å²) < 4.78 is 5.34. The van der Waals surface area contributed by atoms with E-state index in [0.29, 0.717) is 33.5 Å². The molecule has 0 aromatic heterocycles. The molecule has 0 radical (unpaired) electrons. The summed E-state index contributed by atoms with van der Waals surface area (Å²) in [6, 6.07) is 7.40. The third kappa shape index (κ3) is 3.23. The summed E-state index contributed by atoms with van der Waals surface area (Å²) in [5.74, 6) is -1.06. The van der Waals surface area contributed by atoms with Crippen LogP contribution in [0.1, 0.15) is 17.3 Å². The monoisotopic (exact) mass is 326 g/mol. The van der Waals surface area contributed by atoms with Gasteiger partial charge in [0.25, 0.3) is 0 Å². The molecule has 0 bridgehead atoms. The average Bonchev–Trinajstić information content (AvgIpc) is 2.43. The minimum absolute atomic E-state index is 0.200. The van der Waals surface area contributed by atoms with Crippen LogP contribution >= 0.6 is 23.2 Å². The zero-order chi connectivity index (χ0) is 15.6. The summed E-state index contributed by atoms with van der Waals surface area (Å²) in [5.41, 5.74) is 0.904. The Balaban J connectivity index is 2.54. The van der Waals surface area contributed by atoms with Crippen LogP contribution in [0.15, 0.2) is 30.3 Å². The molecule has 4 nitrogen and oxygen atoms in total. The second kappa shape index (κ2) is 6.24.